The number of imidazole rings is 1. The van der Waals surface area contributed by atoms with Crippen LogP contribution in [0.4, 0.5) is 13.2 Å². The summed E-state index contributed by atoms with van der Waals surface area (Å²) in [7, 11) is 1.75. The summed E-state index contributed by atoms with van der Waals surface area (Å²) < 4.78 is 49.8. The maximum atomic E-state index is 12.8. The number of aryl methyl sites for hydroxylation is 1. The number of alkyl halides is 3. The second kappa shape index (κ2) is 11.8. The third kappa shape index (κ3) is 7.00. The Bertz CT molecular complexity index is 1130. The molecule has 0 atom stereocenters. The molecule has 10 heteroatoms. The number of methoxy groups -OCH3 is 1. The molecule has 0 saturated heterocycles. The zero-order chi connectivity index (χ0) is 25.4. The van der Waals surface area contributed by atoms with Crippen LogP contribution >= 0.6 is 0 Å². The van der Waals surface area contributed by atoms with Gasteiger partial charge in [-0.1, -0.05) is 0 Å². The van der Waals surface area contributed by atoms with E-state index in [0.717, 1.165) is 61.1 Å². The molecule has 186 valence electrons. The number of benzene rings is 1. The maximum absolute atomic E-state index is 12.8. The fourth-order valence-electron chi connectivity index (χ4n) is 4.15. The molecule has 2 heterocycles. The van der Waals surface area contributed by atoms with E-state index in [9.17, 15) is 13.2 Å². The first kappa shape index (κ1) is 26.1. The van der Waals surface area contributed by atoms with Gasteiger partial charge in [-0.15, -0.1) is 0 Å². The summed E-state index contributed by atoms with van der Waals surface area (Å²) in [6.07, 6.45) is 2.62. The van der Waals surface area contributed by atoms with Crippen molar-refractivity contribution in [3.8, 4) is 28.4 Å². The second-order valence-corrected chi connectivity index (χ2v) is 8.35. The van der Waals surface area contributed by atoms with E-state index >= 15 is 0 Å². The lowest BCUT2D eigenvalue weighted by molar-refractivity contribution is -0.191. The highest BCUT2D eigenvalue weighted by molar-refractivity contribution is 5.67. The van der Waals surface area contributed by atoms with Crippen molar-refractivity contribution in [2.24, 2.45) is 5.92 Å². The van der Waals surface area contributed by atoms with Crippen molar-refractivity contribution in [2.45, 2.75) is 44.9 Å². The Morgan fingerprint density at radius 2 is 1.77 bits per heavy atom. The molecular formula is C25H26F3N3O4. The predicted octanol–water partition coefficient (Wildman–Crippen LogP) is 5.47. The number of rotatable bonds is 6. The van der Waals surface area contributed by atoms with Crippen LogP contribution in [0.2, 0.25) is 0 Å². The molecule has 7 nitrogen and oxygen atoms in total. The van der Waals surface area contributed by atoms with Crippen molar-refractivity contribution in [1.82, 2.24) is 15.0 Å². The molecule has 0 aliphatic heterocycles. The van der Waals surface area contributed by atoms with E-state index in [-0.39, 0.29) is 18.1 Å². The van der Waals surface area contributed by atoms with Crippen molar-refractivity contribution in [2.75, 3.05) is 13.7 Å². The van der Waals surface area contributed by atoms with Gasteiger partial charge in [0.1, 0.15) is 17.3 Å². The first-order valence-corrected chi connectivity index (χ1v) is 11.1. The third-order valence-electron chi connectivity index (χ3n) is 5.89. The molecule has 3 aromatic rings. The average Bonchev–Trinajstić information content (AvgIpc) is 3.33. The van der Waals surface area contributed by atoms with Crippen molar-refractivity contribution in [3.05, 3.63) is 54.0 Å². The van der Waals surface area contributed by atoms with Gasteiger partial charge in [0, 0.05) is 31.0 Å². The van der Waals surface area contributed by atoms with Crippen molar-refractivity contribution in [1.29, 1.82) is 0 Å². The van der Waals surface area contributed by atoms with Gasteiger partial charge in [-0.05, 0) is 74.4 Å². The molecule has 0 amide bonds. The van der Waals surface area contributed by atoms with Gasteiger partial charge in [0.25, 0.3) is 0 Å². The number of H-pyrrole nitrogens is 1. The van der Waals surface area contributed by atoms with Gasteiger partial charge in [0.2, 0.25) is 0 Å². The molecule has 1 aromatic carbocycles. The van der Waals surface area contributed by atoms with E-state index < -0.39 is 11.9 Å². The van der Waals surface area contributed by atoms with Crippen LogP contribution in [0.1, 0.15) is 36.9 Å². The van der Waals surface area contributed by atoms with E-state index in [2.05, 4.69) is 15.0 Å². The molecular weight excluding hydrogens is 463 g/mol. The minimum Gasteiger partial charge on any atom is -0.490 e. The number of pyridine rings is 1. The van der Waals surface area contributed by atoms with Crippen LogP contribution in [-0.2, 0) is 20.5 Å². The van der Waals surface area contributed by atoms with Gasteiger partial charge >= 0.3 is 12.3 Å². The number of hydrogen-bond acceptors (Lipinski definition) is 6. The first-order chi connectivity index (χ1) is 16.7. The Kier molecular flexibility index (Phi) is 8.78. The molecule has 1 fully saturated rings. The molecule has 0 unspecified atom stereocenters. The molecule has 4 rings (SSSR count). The summed E-state index contributed by atoms with van der Waals surface area (Å²) in [6, 6.07) is 9.42. The molecule has 0 radical (unpaired) electrons. The third-order valence-corrected chi connectivity index (χ3v) is 5.89. The molecule has 1 aliphatic carbocycles. The van der Waals surface area contributed by atoms with Gasteiger partial charge in [0.15, 0.2) is 0 Å². The summed E-state index contributed by atoms with van der Waals surface area (Å²) >= 11 is 0. The minimum atomic E-state index is -4.46. The summed E-state index contributed by atoms with van der Waals surface area (Å²) in [5.41, 5.74) is 2.32. The van der Waals surface area contributed by atoms with E-state index in [1.54, 1.807) is 19.2 Å². The van der Waals surface area contributed by atoms with Crippen LogP contribution in [0.15, 0.2) is 42.7 Å². The Labute approximate surface area is 200 Å². The second-order valence-electron chi connectivity index (χ2n) is 8.35. The predicted molar refractivity (Wildman–Crippen MR) is 120 cm³/mol. The number of aromatic nitrogens is 3. The molecule has 0 bridgehead atoms. The fourth-order valence-corrected chi connectivity index (χ4v) is 4.15. The van der Waals surface area contributed by atoms with Gasteiger partial charge in [0.05, 0.1) is 18.0 Å². The number of ether oxygens (including phenoxy) is 2. The smallest absolute Gasteiger partial charge is 0.432 e. The fraction of sp³-hybridized carbons (Fsp3) is 0.400. The summed E-state index contributed by atoms with van der Waals surface area (Å²) in [5, 5.41) is 0. The zero-order valence-corrected chi connectivity index (χ0v) is 19.4. The monoisotopic (exact) mass is 489 g/mol. The highest BCUT2D eigenvalue weighted by Crippen LogP contribution is 2.32. The Morgan fingerprint density at radius 3 is 2.31 bits per heavy atom. The normalized spacial score (nSPS) is 17.7. The lowest BCUT2D eigenvalue weighted by Crippen LogP contribution is -2.26. The van der Waals surface area contributed by atoms with Crippen molar-refractivity contribution in [3.63, 3.8) is 0 Å². The quantitative estimate of drug-likeness (QED) is 0.494. The molecule has 1 saturated carbocycles. The largest absolute Gasteiger partial charge is 0.490 e. The van der Waals surface area contributed by atoms with E-state index in [1.807, 2.05) is 25.1 Å². The highest BCUT2D eigenvalue weighted by atomic mass is 19.4. The van der Waals surface area contributed by atoms with Crippen LogP contribution in [0.3, 0.4) is 0 Å². The highest BCUT2D eigenvalue weighted by Gasteiger charge is 2.33. The van der Waals surface area contributed by atoms with Gasteiger partial charge < -0.3 is 14.5 Å². The lowest BCUT2D eigenvalue weighted by Gasteiger charge is -2.28. The van der Waals surface area contributed by atoms with Crippen LogP contribution in [-0.4, -0.2) is 40.9 Å². The number of nitrogens with one attached hydrogen (secondary N) is 1. The standard InChI is InChI=1S/C24H26F3N3O2.CO2/c1-15-11-19(32-18-6-3-16(4-7-18)14-31-2)8-9-20(15)21-10-5-17(12-28-21)23-29-13-22(30-23)24(25,26)27;2-1-3/h5,8-13,16,18H,3-4,6-7,14H2,1-2H3,(H,29,30);. The molecule has 2 aromatic heterocycles. The number of halogens is 3. The van der Waals surface area contributed by atoms with Crippen LogP contribution < -0.4 is 4.74 Å². The minimum absolute atomic E-state index is 0.136. The van der Waals surface area contributed by atoms with Gasteiger partial charge in [-0.25, -0.2) is 4.98 Å². The first-order valence-electron chi connectivity index (χ1n) is 11.1. The van der Waals surface area contributed by atoms with Gasteiger partial charge in [-0.2, -0.15) is 22.8 Å². The zero-order valence-electron chi connectivity index (χ0n) is 19.4. The van der Waals surface area contributed by atoms with Gasteiger partial charge in [-0.3, -0.25) is 4.98 Å². The number of nitrogens with zero attached hydrogens (tertiary/aromatic N) is 2. The van der Waals surface area contributed by atoms with E-state index in [4.69, 9.17) is 19.1 Å². The van der Waals surface area contributed by atoms with E-state index in [0.29, 0.717) is 11.5 Å². The lowest BCUT2D eigenvalue weighted by atomic mass is 9.88. The molecule has 1 N–H and O–H groups in total. The Balaban J connectivity index is 0.00000108. The molecule has 0 spiro atoms. The van der Waals surface area contributed by atoms with Crippen LogP contribution in [0, 0.1) is 12.8 Å². The summed E-state index contributed by atoms with van der Waals surface area (Å²) in [5.74, 6) is 1.60. The topological polar surface area (TPSA) is 94.2 Å². The average molecular weight is 489 g/mol. The molecule has 35 heavy (non-hydrogen) atoms. The number of carbonyl (C=O) groups excluding carboxylic acids is 2. The van der Waals surface area contributed by atoms with Crippen LogP contribution in [0.5, 0.6) is 5.75 Å². The summed E-state index contributed by atoms with van der Waals surface area (Å²) in [6.45, 7) is 2.81. The van der Waals surface area contributed by atoms with Crippen molar-refractivity contribution < 1.29 is 32.2 Å². The van der Waals surface area contributed by atoms with E-state index in [1.165, 1.54) is 6.20 Å². The number of aromatic amines is 1. The Hall–Kier alpha value is -3.49. The number of hydrogen-bond donors (Lipinski definition) is 1. The Morgan fingerprint density at radius 1 is 1.06 bits per heavy atom. The van der Waals surface area contributed by atoms with Crippen LogP contribution in [0.25, 0.3) is 22.6 Å². The maximum Gasteiger partial charge on any atom is 0.432 e. The molecule has 1 aliphatic rings. The summed E-state index contributed by atoms with van der Waals surface area (Å²) in [4.78, 5) is 26.8. The van der Waals surface area contributed by atoms with Crippen molar-refractivity contribution >= 4 is 6.15 Å². The SMILES string of the molecule is COCC1CCC(Oc2ccc(-c3ccc(-c4ncc(C(F)(F)F)[nH]4)cn3)c(C)c2)CC1.O=C=O.